The maximum Gasteiger partial charge on any atom is 0.105 e. The van der Waals surface area contributed by atoms with Crippen LogP contribution in [0.25, 0.3) is 0 Å². The number of nitrogens with one attached hydrogen (secondary N) is 1. The molecule has 0 aliphatic rings. The van der Waals surface area contributed by atoms with Gasteiger partial charge >= 0.3 is 0 Å². The van der Waals surface area contributed by atoms with Crippen molar-refractivity contribution >= 4 is 0 Å². The van der Waals surface area contributed by atoms with Crippen molar-refractivity contribution in [2.75, 3.05) is 19.8 Å². The average molecular weight is 225 g/mol. The van der Waals surface area contributed by atoms with Crippen molar-refractivity contribution in [2.24, 2.45) is 0 Å². The molecular weight excluding hydrogens is 202 g/mol. The van der Waals surface area contributed by atoms with Gasteiger partial charge in [-0.25, -0.2) is 0 Å². The highest BCUT2D eigenvalue weighted by Crippen LogP contribution is 2.21. The Morgan fingerprint density at radius 1 is 1.38 bits per heavy atom. The first-order valence-electron chi connectivity index (χ1n) is 6.07. The van der Waals surface area contributed by atoms with E-state index >= 15 is 0 Å². The number of rotatable bonds is 7. The Bertz CT molecular complexity index is 299. The van der Waals surface area contributed by atoms with Crippen molar-refractivity contribution in [1.82, 2.24) is 5.32 Å². The molecule has 0 amide bonds. The smallest absolute Gasteiger partial charge is 0.105 e. The fourth-order valence-corrected chi connectivity index (χ4v) is 1.81. The molecule has 0 saturated carbocycles. The Morgan fingerprint density at radius 2 is 2.12 bits per heavy atom. The lowest BCUT2D eigenvalue weighted by Crippen LogP contribution is -2.26. The van der Waals surface area contributed by atoms with Gasteiger partial charge in [-0.1, -0.05) is 6.92 Å². The molecule has 1 rings (SSSR count). The summed E-state index contributed by atoms with van der Waals surface area (Å²) >= 11 is 0. The molecule has 16 heavy (non-hydrogen) atoms. The number of furan rings is 1. The van der Waals surface area contributed by atoms with Crippen LogP contribution in [0, 0.1) is 13.8 Å². The molecule has 0 fully saturated rings. The van der Waals surface area contributed by atoms with Gasteiger partial charge in [0, 0.05) is 12.2 Å². The van der Waals surface area contributed by atoms with E-state index in [9.17, 15) is 0 Å². The van der Waals surface area contributed by atoms with Gasteiger partial charge in [0.2, 0.25) is 0 Å². The molecule has 92 valence electrons. The standard InChI is InChI=1S/C13H23NO2/c1-5-7-14-13(9-15-6-2)12-8-10(3)16-11(12)4/h8,13-14H,5-7,9H2,1-4H3. The maximum atomic E-state index is 5.56. The second-order valence-electron chi connectivity index (χ2n) is 4.03. The van der Waals surface area contributed by atoms with Gasteiger partial charge in [0.05, 0.1) is 12.6 Å². The minimum absolute atomic E-state index is 0.248. The summed E-state index contributed by atoms with van der Waals surface area (Å²) in [5.41, 5.74) is 1.22. The topological polar surface area (TPSA) is 34.4 Å². The van der Waals surface area contributed by atoms with E-state index in [1.165, 1.54) is 5.56 Å². The van der Waals surface area contributed by atoms with Crippen molar-refractivity contribution in [2.45, 2.75) is 40.2 Å². The minimum atomic E-state index is 0.248. The normalized spacial score (nSPS) is 13.0. The van der Waals surface area contributed by atoms with Crippen LogP contribution >= 0.6 is 0 Å². The minimum Gasteiger partial charge on any atom is -0.466 e. The maximum absolute atomic E-state index is 5.56. The summed E-state index contributed by atoms with van der Waals surface area (Å²) in [5, 5.41) is 3.49. The first-order valence-corrected chi connectivity index (χ1v) is 6.07. The Kier molecular flexibility index (Phi) is 5.56. The summed E-state index contributed by atoms with van der Waals surface area (Å²) in [5.74, 6) is 1.96. The lowest BCUT2D eigenvalue weighted by molar-refractivity contribution is 0.122. The van der Waals surface area contributed by atoms with Crippen molar-refractivity contribution in [1.29, 1.82) is 0 Å². The highest BCUT2D eigenvalue weighted by Gasteiger charge is 2.16. The number of aryl methyl sites for hydroxylation is 2. The van der Waals surface area contributed by atoms with Crippen molar-refractivity contribution < 1.29 is 9.15 Å². The zero-order valence-electron chi connectivity index (χ0n) is 10.8. The van der Waals surface area contributed by atoms with Crippen LogP contribution in [0.3, 0.4) is 0 Å². The molecule has 1 atom stereocenters. The predicted octanol–water partition coefficient (Wildman–Crippen LogP) is 2.97. The van der Waals surface area contributed by atoms with E-state index < -0.39 is 0 Å². The molecule has 0 spiro atoms. The molecule has 1 aromatic rings. The number of hydrogen-bond donors (Lipinski definition) is 1. The lowest BCUT2D eigenvalue weighted by atomic mass is 10.1. The lowest BCUT2D eigenvalue weighted by Gasteiger charge is -2.17. The predicted molar refractivity (Wildman–Crippen MR) is 65.7 cm³/mol. The Labute approximate surface area is 98.2 Å². The fraction of sp³-hybridized carbons (Fsp3) is 0.692. The van der Waals surface area contributed by atoms with Crippen LogP contribution in [0.1, 0.15) is 43.4 Å². The fourth-order valence-electron chi connectivity index (χ4n) is 1.81. The van der Waals surface area contributed by atoms with E-state index in [1.807, 2.05) is 20.8 Å². The van der Waals surface area contributed by atoms with Gasteiger partial charge < -0.3 is 14.5 Å². The SMILES string of the molecule is CCCNC(COCC)c1cc(C)oc1C. The Hall–Kier alpha value is -0.800. The average Bonchev–Trinajstić information content (AvgIpc) is 2.58. The van der Waals surface area contributed by atoms with Crippen LogP contribution in [-0.2, 0) is 4.74 Å². The monoisotopic (exact) mass is 225 g/mol. The third kappa shape index (κ3) is 3.65. The van der Waals surface area contributed by atoms with E-state index in [4.69, 9.17) is 9.15 Å². The molecule has 0 bridgehead atoms. The van der Waals surface area contributed by atoms with Crippen LogP contribution in [0.4, 0.5) is 0 Å². The van der Waals surface area contributed by atoms with Gasteiger partial charge in [-0.3, -0.25) is 0 Å². The molecule has 1 heterocycles. The van der Waals surface area contributed by atoms with Gasteiger partial charge in [-0.15, -0.1) is 0 Å². The van der Waals surface area contributed by atoms with Gasteiger partial charge in [0.15, 0.2) is 0 Å². The van der Waals surface area contributed by atoms with Crippen LogP contribution < -0.4 is 5.32 Å². The highest BCUT2D eigenvalue weighted by molar-refractivity contribution is 5.24. The molecule has 0 aromatic carbocycles. The summed E-state index contributed by atoms with van der Waals surface area (Å²) in [6.45, 7) is 10.6. The molecule has 3 heteroatoms. The number of ether oxygens (including phenoxy) is 1. The van der Waals surface area contributed by atoms with Crippen molar-refractivity contribution in [3.8, 4) is 0 Å². The molecule has 3 nitrogen and oxygen atoms in total. The van der Waals surface area contributed by atoms with Gasteiger partial charge in [0.1, 0.15) is 11.5 Å². The molecule has 1 unspecified atom stereocenters. The van der Waals surface area contributed by atoms with E-state index in [0.29, 0.717) is 6.61 Å². The third-order valence-corrected chi connectivity index (χ3v) is 2.58. The first kappa shape index (κ1) is 13.3. The second kappa shape index (κ2) is 6.71. The first-order chi connectivity index (χ1) is 7.69. The second-order valence-corrected chi connectivity index (χ2v) is 4.03. The summed E-state index contributed by atoms with van der Waals surface area (Å²) in [6.07, 6.45) is 1.12. The van der Waals surface area contributed by atoms with Crippen molar-refractivity contribution in [3.63, 3.8) is 0 Å². The van der Waals surface area contributed by atoms with Crippen LogP contribution in [0.5, 0.6) is 0 Å². The van der Waals surface area contributed by atoms with Gasteiger partial charge in [0.25, 0.3) is 0 Å². The van der Waals surface area contributed by atoms with E-state index in [-0.39, 0.29) is 6.04 Å². The largest absolute Gasteiger partial charge is 0.466 e. The van der Waals surface area contributed by atoms with Crippen LogP contribution in [0.15, 0.2) is 10.5 Å². The molecule has 0 aliphatic carbocycles. The Morgan fingerprint density at radius 3 is 2.62 bits per heavy atom. The molecule has 0 aliphatic heterocycles. The molecule has 0 radical (unpaired) electrons. The quantitative estimate of drug-likeness (QED) is 0.774. The van der Waals surface area contributed by atoms with E-state index in [1.54, 1.807) is 0 Å². The molecular formula is C13H23NO2. The van der Waals surface area contributed by atoms with Crippen molar-refractivity contribution in [3.05, 3.63) is 23.2 Å². The van der Waals surface area contributed by atoms with Gasteiger partial charge in [-0.05, 0) is 39.8 Å². The summed E-state index contributed by atoms with van der Waals surface area (Å²) in [7, 11) is 0. The highest BCUT2D eigenvalue weighted by atomic mass is 16.5. The zero-order valence-corrected chi connectivity index (χ0v) is 10.8. The van der Waals surface area contributed by atoms with Crippen LogP contribution in [0.2, 0.25) is 0 Å². The molecule has 0 saturated heterocycles. The number of hydrogen-bond acceptors (Lipinski definition) is 3. The molecule has 1 aromatic heterocycles. The summed E-state index contributed by atoms with van der Waals surface area (Å²) in [4.78, 5) is 0. The summed E-state index contributed by atoms with van der Waals surface area (Å²) < 4.78 is 11.1. The van der Waals surface area contributed by atoms with E-state index in [0.717, 1.165) is 31.1 Å². The van der Waals surface area contributed by atoms with E-state index in [2.05, 4.69) is 18.3 Å². The summed E-state index contributed by atoms with van der Waals surface area (Å²) in [6, 6.07) is 2.35. The third-order valence-electron chi connectivity index (χ3n) is 2.58. The van der Waals surface area contributed by atoms with Crippen LogP contribution in [-0.4, -0.2) is 19.8 Å². The van der Waals surface area contributed by atoms with Gasteiger partial charge in [-0.2, -0.15) is 0 Å². The molecule has 1 N–H and O–H groups in total. The Balaban J connectivity index is 2.70. The zero-order chi connectivity index (χ0) is 12.0.